The van der Waals surface area contributed by atoms with Gasteiger partial charge in [-0.05, 0) is 38.2 Å². The van der Waals surface area contributed by atoms with E-state index in [1.54, 1.807) is 0 Å². The lowest BCUT2D eigenvalue weighted by Crippen LogP contribution is -2.50. The monoisotopic (exact) mass is 335 g/mol. The molecule has 1 aliphatic heterocycles. The van der Waals surface area contributed by atoms with Gasteiger partial charge in [0, 0.05) is 0 Å². The molecule has 0 spiro atoms. The van der Waals surface area contributed by atoms with Crippen LogP contribution in [0.5, 0.6) is 0 Å². The van der Waals surface area contributed by atoms with Gasteiger partial charge in [-0.15, -0.1) is 0 Å². The average molecular weight is 335 g/mol. The van der Waals surface area contributed by atoms with Crippen LogP contribution in [0, 0.1) is 5.92 Å². The summed E-state index contributed by atoms with van der Waals surface area (Å²) in [5.74, 6) is -0.498. The summed E-state index contributed by atoms with van der Waals surface area (Å²) in [4.78, 5) is 24.2. The van der Waals surface area contributed by atoms with Gasteiger partial charge in [-0.2, -0.15) is 0 Å². The van der Waals surface area contributed by atoms with Gasteiger partial charge in [-0.1, -0.05) is 30.3 Å². The second-order valence-electron chi connectivity index (χ2n) is 6.20. The number of benzene rings is 1. The van der Waals surface area contributed by atoms with Crippen molar-refractivity contribution in [3.05, 3.63) is 35.9 Å². The number of ether oxygens (including phenoxy) is 3. The fourth-order valence-electron chi connectivity index (χ4n) is 3.10. The third kappa shape index (κ3) is 5.23. The molecule has 0 radical (unpaired) electrons. The molecule has 1 aromatic carbocycles. The molecule has 6 heteroatoms. The first-order valence-electron chi connectivity index (χ1n) is 8.20. The maximum Gasteiger partial charge on any atom is 0.407 e. The fraction of sp³-hybridized carbons (Fsp3) is 0.556. The summed E-state index contributed by atoms with van der Waals surface area (Å²) < 4.78 is 15.8. The Balaban J connectivity index is 2.03. The largest absolute Gasteiger partial charge is 0.459 e. The zero-order valence-electron chi connectivity index (χ0n) is 14.4. The summed E-state index contributed by atoms with van der Waals surface area (Å²) in [7, 11) is 1.27. The van der Waals surface area contributed by atoms with Gasteiger partial charge in [0.1, 0.15) is 12.6 Å². The smallest absolute Gasteiger partial charge is 0.407 e. The Hall–Kier alpha value is -2.08. The minimum absolute atomic E-state index is 0.0302. The summed E-state index contributed by atoms with van der Waals surface area (Å²) in [6.07, 6.45) is 0.785. The topological polar surface area (TPSA) is 73.9 Å². The number of alkyl carbamates (subject to hydrolysis) is 1. The van der Waals surface area contributed by atoms with E-state index in [0.29, 0.717) is 12.8 Å². The molecule has 1 amide bonds. The van der Waals surface area contributed by atoms with Crippen molar-refractivity contribution in [1.82, 2.24) is 5.32 Å². The van der Waals surface area contributed by atoms with E-state index in [1.165, 1.54) is 7.11 Å². The Bertz CT molecular complexity index is 538. The number of carbonyl (C=O) groups excluding carboxylic acids is 2. The summed E-state index contributed by atoms with van der Waals surface area (Å²) in [6.45, 7) is 4.10. The summed E-state index contributed by atoms with van der Waals surface area (Å²) in [5, 5.41) is 2.62. The van der Waals surface area contributed by atoms with E-state index in [-0.39, 0.29) is 24.7 Å². The third-order valence-electron chi connectivity index (χ3n) is 4.14. The minimum atomic E-state index is -0.741. The van der Waals surface area contributed by atoms with Crippen LogP contribution >= 0.6 is 0 Å². The van der Waals surface area contributed by atoms with Crippen molar-refractivity contribution in [3.8, 4) is 0 Å². The van der Waals surface area contributed by atoms with E-state index >= 15 is 0 Å². The zero-order valence-corrected chi connectivity index (χ0v) is 14.4. The molecule has 0 bridgehead atoms. The van der Waals surface area contributed by atoms with E-state index in [0.717, 1.165) is 5.56 Å². The van der Waals surface area contributed by atoms with Gasteiger partial charge in [0.05, 0.1) is 19.3 Å². The van der Waals surface area contributed by atoms with Crippen molar-refractivity contribution in [3.63, 3.8) is 0 Å². The molecule has 4 atom stereocenters. The number of hydrogen-bond donors (Lipinski definition) is 1. The quantitative estimate of drug-likeness (QED) is 0.838. The minimum Gasteiger partial charge on any atom is -0.459 e. The van der Waals surface area contributed by atoms with Crippen LogP contribution in [0.15, 0.2) is 30.3 Å². The first-order valence-corrected chi connectivity index (χ1v) is 8.20. The Labute approximate surface area is 142 Å². The number of amides is 1. The Kier molecular flexibility index (Phi) is 6.61. The van der Waals surface area contributed by atoms with Crippen molar-refractivity contribution in [2.75, 3.05) is 7.11 Å². The summed E-state index contributed by atoms with van der Waals surface area (Å²) in [6, 6.07) is 8.70. The number of rotatable bonds is 5. The standard InChI is InChI=1S/C18H25NO5/c1-12-9-15(10-13(2)24-12)16(19-18(21)22-3)17(20)23-11-14-7-5-4-6-8-14/h4-8,12-13,15-16H,9-11H2,1-3H3,(H,19,21)/t12-,13+,15+,16?. The van der Waals surface area contributed by atoms with Gasteiger partial charge in [-0.25, -0.2) is 9.59 Å². The predicted octanol–water partition coefficient (Wildman–Crippen LogP) is 2.66. The molecule has 0 saturated carbocycles. The highest BCUT2D eigenvalue weighted by atomic mass is 16.5. The van der Waals surface area contributed by atoms with Crippen molar-refractivity contribution >= 4 is 12.1 Å². The first kappa shape index (κ1) is 18.3. The van der Waals surface area contributed by atoms with Crippen LogP contribution < -0.4 is 5.32 Å². The van der Waals surface area contributed by atoms with Crippen LogP contribution in [-0.2, 0) is 25.6 Å². The van der Waals surface area contributed by atoms with Crippen molar-refractivity contribution in [1.29, 1.82) is 0 Å². The Morgan fingerprint density at radius 1 is 1.21 bits per heavy atom. The summed E-state index contributed by atoms with van der Waals surface area (Å²) in [5.41, 5.74) is 0.899. The van der Waals surface area contributed by atoms with Crippen LogP contribution in [0.4, 0.5) is 4.79 Å². The number of carbonyl (C=O) groups is 2. The maximum atomic E-state index is 12.5. The lowest BCUT2D eigenvalue weighted by molar-refractivity contribution is -0.151. The molecular weight excluding hydrogens is 310 g/mol. The molecule has 6 nitrogen and oxygen atoms in total. The van der Waals surface area contributed by atoms with Crippen LogP contribution in [-0.4, -0.2) is 37.4 Å². The van der Waals surface area contributed by atoms with Gasteiger partial charge in [-0.3, -0.25) is 0 Å². The Morgan fingerprint density at radius 2 is 1.83 bits per heavy atom. The van der Waals surface area contributed by atoms with Crippen LogP contribution in [0.1, 0.15) is 32.3 Å². The highest BCUT2D eigenvalue weighted by Gasteiger charge is 2.36. The molecule has 1 N–H and O–H groups in total. The highest BCUT2D eigenvalue weighted by molar-refractivity contribution is 5.81. The molecule has 2 rings (SSSR count). The van der Waals surface area contributed by atoms with Gasteiger partial charge in [0.2, 0.25) is 0 Å². The second kappa shape index (κ2) is 8.68. The van der Waals surface area contributed by atoms with Gasteiger partial charge in [0.25, 0.3) is 0 Å². The molecule has 0 aliphatic carbocycles. The molecule has 1 saturated heterocycles. The lowest BCUT2D eigenvalue weighted by atomic mass is 9.86. The van der Waals surface area contributed by atoms with E-state index in [2.05, 4.69) is 10.1 Å². The number of esters is 1. The third-order valence-corrected chi connectivity index (χ3v) is 4.14. The van der Waals surface area contributed by atoms with Crippen LogP contribution in [0.25, 0.3) is 0 Å². The van der Waals surface area contributed by atoms with Gasteiger partial charge in [0.15, 0.2) is 0 Å². The summed E-state index contributed by atoms with van der Waals surface area (Å²) >= 11 is 0. The molecule has 1 fully saturated rings. The molecule has 1 heterocycles. The van der Waals surface area contributed by atoms with Crippen molar-refractivity contribution < 1.29 is 23.8 Å². The van der Waals surface area contributed by atoms with Gasteiger partial charge >= 0.3 is 12.1 Å². The molecule has 1 aliphatic rings. The number of nitrogens with one attached hydrogen (secondary N) is 1. The normalized spacial score (nSPS) is 24.7. The van der Waals surface area contributed by atoms with E-state index in [1.807, 2.05) is 44.2 Å². The highest BCUT2D eigenvalue weighted by Crippen LogP contribution is 2.28. The van der Waals surface area contributed by atoms with E-state index in [9.17, 15) is 9.59 Å². The predicted molar refractivity (Wildman–Crippen MR) is 88.3 cm³/mol. The molecule has 0 aromatic heterocycles. The van der Waals surface area contributed by atoms with Crippen molar-refractivity contribution in [2.24, 2.45) is 5.92 Å². The first-order chi connectivity index (χ1) is 11.5. The lowest BCUT2D eigenvalue weighted by Gasteiger charge is -2.35. The van der Waals surface area contributed by atoms with Gasteiger partial charge < -0.3 is 19.5 Å². The molecule has 1 unspecified atom stereocenters. The average Bonchev–Trinajstić information content (AvgIpc) is 2.57. The molecule has 24 heavy (non-hydrogen) atoms. The van der Waals surface area contributed by atoms with E-state index in [4.69, 9.17) is 9.47 Å². The van der Waals surface area contributed by atoms with Crippen LogP contribution in [0.2, 0.25) is 0 Å². The second-order valence-corrected chi connectivity index (χ2v) is 6.20. The van der Waals surface area contributed by atoms with Crippen molar-refractivity contribution in [2.45, 2.75) is 51.5 Å². The number of methoxy groups -OCH3 is 1. The number of hydrogen-bond acceptors (Lipinski definition) is 5. The molecule has 1 aromatic rings. The fourth-order valence-corrected chi connectivity index (χ4v) is 3.10. The van der Waals surface area contributed by atoms with Crippen LogP contribution in [0.3, 0.4) is 0 Å². The Morgan fingerprint density at radius 3 is 2.42 bits per heavy atom. The molecule has 132 valence electrons. The maximum absolute atomic E-state index is 12.5. The molecular formula is C18H25NO5. The van der Waals surface area contributed by atoms with E-state index < -0.39 is 18.1 Å². The zero-order chi connectivity index (χ0) is 17.5. The SMILES string of the molecule is COC(=O)NC(C(=O)OCc1ccccc1)[C@H]1C[C@@H](C)O[C@@H](C)C1.